The molecule has 1 aromatic carbocycles. The molecule has 6 nitrogen and oxygen atoms in total. The van der Waals surface area contributed by atoms with Crippen molar-refractivity contribution in [2.75, 3.05) is 13.2 Å². The van der Waals surface area contributed by atoms with Crippen molar-refractivity contribution in [2.45, 2.75) is 18.1 Å². The van der Waals surface area contributed by atoms with Crippen LogP contribution < -0.4 is 9.47 Å². The first-order valence-corrected chi connectivity index (χ1v) is 8.73. The number of ether oxygens (including phenoxy) is 2. The molecule has 0 spiro atoms. The van der Waals surface area contributed by atoms with Gasteiger partial charge in [-0.05, 0) is 18.2 Å². The Labute approximate surface area is 146 Å². The molecule has 0 aliphatic carbocycles. The molecule has 0 N–H and O–H groups in total. The number of nitrogens with zero attached hydrogens (tertiary/aromatic N) is 2. The number of aromatic nitrogens is 1. The lowest BCUT2D eigenvalue weighted by Crippen LogP contribution is -2.33. The van der Waals surface area contributed by atoms with E-state index in [2.05, 4.69) is 9.72 Å². The average molecular weight is 392 g/mol. The summed E-state index contributed by atoms with van der Waals surface area (Å²) in [5.41, 5.74) is 0.242. The molecular weight excluding hydrogens is 380 g/mol. The van der Waals surface area contributed by atoms with Gasteiger partial charge < -0.3 is 9.47 Å². The molecule has 2 heterocycles. The minimum Gasteiger partial charge on any atom is -0.492 e. The van der Waals surface area contributed by atoms with Gasteiger partial charge in [0.05, 0.1) is 6.20 Å². The van der Waals surface area contributed by atoms with Gasteiger partial charge >= 0.3 is 6.61 Å². The zero-order valence-corrected chi connectivity index (χ0v) is 13.8. The van der Waals surface area contributed by atoms with Crippen LogP contribution in [0.15, 0.2) is 35.4 Å². The number of benzene rings is 1. The van der Waals surface area contributed by atoms with Crippen LogP contribution in [0.25, 0.3) is 0 Å². The number of hydrogen-bond donors (Lipinski definition) is 0. The van der Waals surface area contributed by atoms with E-state index in [1.54, 1.807) is 0 Å². The SMILES string of the molecule is O=S(=O)(c1cc(F)cnc1OC(F)F)N1CCOc2ccc(F)cc2C1. The van der Waals surface area contributed by atoms with Crippen LogP contribution >= 0.6 is 0 Å². The van der Waals surface area contributed by atoms with Gasteiger partial charge in [0.1, 0.15) is 28.9 Å². The summed E-state index contributed by atoms with van der Waals surface area (Å²) in [6.45, 7) is -3.86. The highest BCUT2D eigenvalue weighted by Gasteiger charge is 2.32. The van der Waals surface area contributed by atoms with E-state index in [-0.39, 0.29) is 25.3 Å². The minimum absolute atomic E-state index is 0.0638. The number of hydrogen-bond acceptors (Lipinski definition) is 5. The smallest absolute Gasteiger partial charge is 0.388 e. The van der Waals surface area contributed by atoms with E-state index in [1.807, 2.05) is 0 Å². The predicted molar refractivity (Wildman–Crippen MR) is 80.3 cm³/mol. The van der Waals surface area contributed by atoms with E-state index >= 15 is 0 Å². The Morgan fingerprint density at radius 3 is 2.69 bits per heavy atom. The molecule has 0 bridgehead atoms. The summed E-state index contributed by atoms with van der Waals surface area (Å²) < 4.78 is 87.9. The molecule has 2 aromatic rings. The molecule has 0 unspecified atom stereocenters. The number of fused-ring (bicyclic) bond motifs is 1. The Kier molecular flexibility index (Phi) is 5.01. The Morgan fingerprint density at radius 1 is 1.19 bits per heavy atom. The number of alkyl halides is 2. The molecule has 0 atom stereocenters. The Balaban J connectivity index is 2.01. The fourth-order valence-electron chi connectivity index (χ4n) is 2.45. The topological polar surface area (TPSA) is 68.7 Å². The first-order valence-electron chi connectivity index (χ1n) is 7.29. The van der Waals surface area contributed by atoms with Crippen LogP contribution in [-0.4, -0.2) is 37.5 Å². The monoisotopic (exact) mass is 392 g/mol. The highest BCUT2D eigenvalue weighted by Crippen LogP contribution is 2.31. The quantitative estimate of drug-likeness (QED) is 0.748. The van der Waals surface area contributed by atoms with Crippen molar-refractivity contribution in [3.8, 4) is 11.6 Å². The van der Waals surface area contributed by atoms with Crippen LogP contribution in [0.5, 0.6) is 11.6 Å². The molecular formula is C15H12F4N2O4S. The lowest BCUT2D eigenvalue weighted by molar-refractivity contribution is -0.0550. The second-order valence-corrected chi connectivity index (χ2v) is 7.18. The summed E-state index contributed by atoms with van der Waals surface area (Å²) in [4.78, 5) is 2.44. The summed E-state index contributed by atoms with van der Waals surface area (Å²) in [6.07, 6.45) is 0.562. The van der Waals surface area contributed by atoms with Crippen LogP contribution in [-0.2, 0) is 16.6 Å². The van der Waals surface area contributed by atoms with Crippen LogP contribution in [0.2, 0.25) is 0 Å². The number of sulfonamides is 1. The molecule has 11 heteroatoms. The highest BCUT2D eigenvalue weighted by atomic mass is 32.2. The van der Waals surface area contributed by atoms with Crippen LogP contribution in [0.1, 0.15) is 5.56 Å². The summed E-state index contributed by atoms with van der Waals surface area (Å²) in [5.74, 6) is -2.26. The van der Waals surface area contributed by atoms with Gasteiger partial charge in [0.2, 0.25) is 15.9 Å². The number of pyridine rings is 1. The summed E-state index contributed by atoms with van der Waals surface area (Å²) in [5, 5.41) is 0. The zero-order chi connectivity index (χ0) is 18.9. The lowest BCUT2D eigenvalue weighted by atomic mass is 10.2. The predicted octanol–water partition coefficient (Wildman–Crippen LogP) is 2.54. The zero-order valence-electron chi connectivity index (χ0n) is 13.0. The summed E-state index contributed by atoms with van der Waals surface area (Å²) in [7, 11) is -4.47. The molecule has 0 amide bonds. The Hall–Kier alpha value is -2.40. The molecule has 1 aliphatic heterocycles. The lowest BCUT2D eigenvalue weighted by Gasteiger charge is -2.20. The van der Waals surface area contributed by atoms with Gasteiger partial charge in [0.25, 0.3) is 0 Å². The van der Waals surface area contributed by atoms with E-state index in [4.69, 9.17) is 4.74 Å². The van der Waals surface area contributed by atoms with Gasteiger partial charge in [-0.2, -0.15) is 13.1 Å². The number of rotatable bonds is 4. The third kappa shape index (κ3) is 3.73. The molecule has 0 radical (unpaired) electrons. The van der Waals surface area contributed by atoms with Crippen molar-refractivity contribution >= 4 is 10.0 Å². The van der Waals surface area contributed by atoms with Crippen molar-refractivity contribution in [3.63, 3.8) is 0 Å². The summed E-state index contributed by atoms with van der Waals surface area (Å²) in [6, 6.07) is 4.16. The van der Waals surface area contributed by atoms with E-state index in [9.17, 15) is 26.0 Å². The molecule has 140 valence electrons. The van der Waals surface area contributed by atoms with Crippen molar-refractivity contribution < 1.29 is 35.5 Å². The second-order valence-electron chi connectivity index (χ2n) is 5.27. The first kappa shape index (κ1) is 18.4. The molecule has 26 heavy (non-hydrogen) atoms. The largest absolute Gasteiger partial charge is 0.492 e. The van der Waals surface area contributed by atoms with Crippen molar-refractivity contribution in [2.24, 2.45) is 0 Å². The van der Waals surface area contributed by atoms with Crippen molar-refractivity contribution in [1.29, 1.82) is 0 Å². The Bertz CT molecular complexity index is 924. The molecule has 0 fully saturated rings. The summed E-state index contributed by atoms with van der Waals surface area (Å²) >= 11 is 0. The standard InChI is InChI=1S/C15H12F4N2O4S/c16-10-1-2-12-9(5-10)8-21(3-4-24-12)26(22,23)13-6-11(17)7-20-14(13)25-15(18)19/h1-2,5-7,15H,3-4,8H2. The normalized spacial score (nSPS) is 15.3. The maximum Gasteiger partial charge on any atom is 0.388 e. The number of halogens is 4. The van der Waals surface area contributed by atoms with Gasteiger partial charge in [0, 0.05) is 24.7 Å². The maximum atomic E-state index is 13.5. The molecule has 0 saturated heterocycles. The van der Waals surface area contributed by atoms with E-state index in [0.29, 0.717) is 18.0 Å². The van der Waals surface area contributed by atoms with Crippen LogP contribution in [0.3, 0.4) is 0 Å². The van der Waals surface area contributed by atoms with Gasteiger partial charge in [0.15, 0.2) is 0 Å². The average Bonchev–Trinajstić information content (AvgIpc) is 2.78. The van der Waals surface area contributed by atoms with E-state index < -0.39 is 39.0 Å². The van der Waals surface area contributed by atoms with E-state index in [0.717, 1.165) is 16.4 Å². The minimum atomic E-state index is -4.47. The third-order valence-electron chi connectivity index (χ3n) is 3.57. The fourth-order valence-corrected chi connectivity index (χ4v) is 3.93. The molecule has 1 aliphatic rings. The third-order valence-corrected chi connectivity index (χ3v) is 5.41. The van der Waals surface area contributed by atoms with Crippen molar-refractivity contribution in [1.82, 2.24) is 9.29 Å². The molecule has 3 rings (SSSR count). The second kappa shape index (κ2) is 7.08. The highest BCUT2D eigenvalue weighted by molar-refractivity contribution is 7.89. The van der Waals surface area contributed by atoms with Gasteiger partial charge in [-0.25, -0.2) is 22.2 Å². The fraction of sp³-hybridized carbons (Fsp3) is 0.267. The van der Waals surface area contributed by atoms with E-state index in [1.165, 1.54) is 6.07 Å². The molecule has 0 saturated carbocycles. The van der Waals surface area contributed by atoms with Crippen molar-refractivity contribution in [3.05, 3.63) is 47.7 Å². The maximum absolute atomic E-state index is 13.5. The van der Waals surface area contributed by atoms with Gasteiger partial charge in [-0.15, -0.1) is 0 Å². The van der Waals surface area contributed by atoms with Gasteiger partial charge in [-0.1, -0.05) is 0 Å². The van der Waals surface area contributed by atoms with Crippen LogP contribution in [0.4, 0.5) is 17.6 Å². The Morgan fingerprint density at radius 2 is 1.96 bits per heavy atom. The van der Waals surface area contributed by atoms with Gasteiger partial charge in [-0.3, -0.25) is 0 Å². The first-order chi connectivity index (χ1) is 12.3. The molecule has 1 aromatic heterocycles. The van der Waals surface area contributed by atoms with Crippen LogP contribution in [0, 0.1) is 11.6 Å².